The highest BCUT2D eigenvalue weighted by Crippen LogP contribution is 2.16. The molecule has 0 bridgehead atoms. The molecule has 0 radical (unpaired) electrons. The highest BCUT2D eigenvalue weighted by Gasteiger charge is 2.34. The van der Waals surface area contributed by atoms with Crippen LogP contribution in [0.15, 0.2) is 54.6 Å². The van der Waals surface area contributed by atoms with E-state index in [1.54, 1.807) is 53.4 Å². The molecule has 0 aliphatic carbocycles. The Morgan fingerprint density at radius 3 is 2.05 bits per heavy atom. The first-order chi connectivity index (χ1) is 19.1. The smallest absolute Gasteiger partial charge is 0.408 e. The Balaban J connectivity index is 2.37. The summed E-state index contributed by atoms with van der Waals surface area (Å²) in [7, 11) is 0. The molecule has 0 spiro atoms. The molecule has 0 fully saturated rings. The van der Waals surface area contributed by atoms with Gasteiger partial charge < -0.3 is 30.5 Å². The van der Waals surface area contributed by atoms with Crippen LogP contribution in [0.4, 0.5) is 4.79 Å². The van der Waals surface area contributed by atoms with Crippen LogP contribution in [0.2, 0.25) is 5.02 Å². The van der Waals surface area contributed by atoms with Gasteiger partial charge >= 0.3 is 6.09 Å². The van der Waals surface area contributed by atoms with E-state index in [-0.39, 0.29) is 38.0 Å². The van der Waals surface area contributed by atoms with E-state index in [4.69, 9.17) is 26.8 Å². The van der Waals surface area contributed by atoms with E-state index in [0.29, 0.717) is 23.8 Å². The van der Waals surface area contributed by atoms with Gasteiger partial charge in [0.15, 0.2) is 6.29 Å². The van der Waals surface area contributed by atoms with Crippen LogP contribution in [-0.2, 0) is 32.0 Å². The van der Waals surface area contributed by atoms with Gasteiger partial charge in [-0.25, -0.2) is 4.79 Å². The fourth-order valence-corrected chi connectivity index (χ4v) is 4.36. The number of nitrogens with two attached hydrogens (primary N) is 1. The molecule has 0 saturated carbocycles. The largest absolute Gasteiger partial charge is 0.465 e. The number of hydrogen-bond acceptors (Lipinski definition) is 6. The van der Waals surface area contributed by atoms with Gasteiger partial charge in [0.05, 0.1) is 6.54 Å². The summed E-state index contributed by atoms with van der Waals surface area (Å²) in [5, 5.41) is 13.3. The summed E-state index contributed by atoms with van der Waals surface area (Å²) in [5.41, 5.74) is 7.39. The first-order valence-electron chi connectivity index (χ1n) is 13.4. The van der Waals surface area contributed by atoms with Gasteiger partial charge in [0.25, 0.3) is 0 Å². The van der Waals surface area contributed by atoms with Gasteiger partial charge in [-0.1, -0.05) is 54.1 Å². The van der Waals surface area contributed by atoms with Crippen LogP contribution in [-0.4, -0.2) is 83.5 Å². The van der Waals surface area contributed by atoms with E-state index in [2.05, 4.69) is 5.32 Å². The molecule has 220 valence electrons. The second-order valence-electron chi connectivity index (χ2n) is 9.46. The number of amides is 3. The number of carbonyl (C=O) groups excluding carboxylic acids is 2. The van der Waals surface area contributed by atoms with Gasteiger partial charge in [0.2, 0.25) is 11.8 Å². The molecule has 0 aliphatic rings. The van der Waals surface area contributed by atoms with Gasteiger partial charge in [-0.15, -0.1) is 0 Å². The van der Waals surface area contributed by atoms with Crippen molar-refractivity contribution in [2.45, 2.75) is 65.1 Å². The van der Waals surface area contributed by atoms with E-state index >= 15 is 0 Å². The van der Waals surface area contributed by atoms with Crippen LogP contribution in [0, 0.1) is 0 Å². The predicted octanol–water partition coefficient (Wildman–Crippen LogP) is 3.51. The monoisotopic (exact) mass is 576 g/mol. The second kappa shape index (κ2) is 16.8. The fraction of sp³-hybridized carbons (Fsp3) is 0.483. The Morgan fingerprint density at radius 1 is 0.950 bits per heavy atom. The third-order valence-corrected chi connectivity index (χ3v) is 6.52. The van der Waals surface area contributed by atoms with Gasteiger partial charge in [-0.3, -0.25) is 14.5 Å². The molecular weight excluding hydrogens is 536 g/mol. The first-order valence-corrected chi connectivity index (χ1v) is 13.8. The maximum Gasteiger partial charge on any atom is 0.408 e. The van der Waals surface area contributed by atoms with Gasteiger partial charge in [-0.2, -0.15) is 0 Å². The lowest BCUT2D eigenvalue weighted by atomic mass is 10.0. The minimum absolute atomic E-state index is 0.0379. The molecule has 2 atom stereocenters. The number of nitrogens with zero attached hydrogens (tertiary/aromatic N) is 2. The molecular formula is C29H41ClN4O6. The second-order valence-corrected chi connectivity index (χ2v) is 9.90. The zero-order valence-corrected chi connectivity index (χ0v) is 24.3. The number of halogens is 1. The minimum Gasteiger partial charge on any atom is -0.465 e. The summed E-state index contributed by atoms with van der Waals surface area (Å²) in [6.07, 6.45) is -1.78. The molecule has 40 heavy (non-hydrogen) atoms. The van der Waals surface area contributed by atoms with E-state index < -0.39 is 30.4 Å². The van der Waals surface area contributed by atoms with Crippen LogP contribution in [0.25, 0.3) is 0 Å². The predicted molar refractivity (Wildman–Crippen MR) is 154 cm³/mol. The number of ether oxygens (including phenoxy) is 2. The molecule has 11 heteroatoms. The van der Waals surface area contributed by atoms with Gasteiger partial charge in [0.1, 0.15) is 12.1 Å². The Morgan fingerprint density at radius 2 is 1.55 bits per heavy atom. The third-order valence-electron chi connectivity index (χ3n) is 6.27. The Kier molecular flexibility index (Phi) is 13.9. The van der Waals surface area contributed by atoms with Crippen LogP contribution < -0.4 is 11.1 Å². The normalized spacial score (nSPS) is 12.7. The zero-order valence-electron chi connectivity index (χ0n) is 23.6. The average molecular weight is 577 g/mol. The minimum atomic E-state index is -1.30. The number of benzene rings is 2. The van der Waals surface area contributed by atoms with Crippen LogP contribution in [0.5, 0.6) is 0 Å². The maximum absolute atomic E-state index is 14.0. The van der Waals surface area contributed by atoms with Crippen LogP contribution in [0.3, 0.4) is 0 Å². The number of carboxylic acid groups (broad SMARTS) is 1. The molecule has 4 N–H and O–H groups in total. The average Bonchev–Trinajstić information content (AvgIpc) is 2.92. The van der Waals surface area contributed by atoms with Crippen molar-refractivity contribution in [3.8, 4) is 0 Å². The molecule has 2 aromatic rings. The molecule has 0 aliphatic heterocycles. The van der Waals surface area contributed by atoms with E-state index in [9.17, 15) is 19.5 Å². The van der Waals surface area contributed by atoms with Gasteiger partial charge in [0, 0.05) is 43.8 Å². The van der Waals surface area contributed by atoms with Crippen molar-refractivity contribution in [3.05, 3.63) is 70.7 Å². The van der Waals surface area contributed by atoms with Crippen molar-refractivity contribution in [2.24, 2.45) is 5.73 Å². The molecule has 3 amide bonds. The molecule has 2 unspecified atom stereocenters. The lowest BCUT2D eigenvalue weighted by molar-refractivity contribution is -0.163. The lowest BCUT2D eigenvalue weighted by Gasteiger charge is -2.35. The van der Waals surface area contributed by atoms with Crippen molar-refractivity contribution >= 4 is 29.5 Å². The van der Waals surface area contributed by atoms with Crippen molar-refractivity contribution in [1.29, 1.82) is 0 Å². The number of rotatable bonds is 16. The summed E-state index contributed by atoms with van der Waals surface area (Å²) in [6, 6.07) is 13.4. The lowest BCUT2D eigenvalue weighted by Crippen LogP contribution is -2.59. The highest BCUT2D eigenvalue weighted by molar-refractivity contribution is 6.30. The standard InChI is InChI=1S/C29H41ClN4O6/c1-5-39-26(40-6-2)19-33(20(3)4)28(36)24(16-21-12-14-23(30)15-13-21)32-27(35)25(17-31)34(29(37)38)18-22-10-8-7-9-11-22/h7-15,20,24-26H,5-6,16-19,31H2,1-4H3,(H,32,35)(H,37,38). The van der Waals surface area contributed by atoms with Crippen molar-refractivity contribution in [1.82, 2.24) is 15.1 Å². The summed E-state index contributed by atoms with van der Waals surface area (Å²) in [5.74, 6) is -1.02. The van der Waals surface area contributed by atoms with Crippen molar-refractivity contribution in [2.75, 3.05) is 26.3 Å². The topological polar surface area (TPSA) is 134 Å². The zero-order chi connectivity index (χ0) is 29.7. The molecule has 0 aromatic heterocycles. The molecule has 0 saturated heterocycles. The molecule has 10 nitrogen and oxygen atoms in total. The fourth-order valence-electron chi connectivity index (χ4n) is 4.23. The van der Waals surface area contributed by atoms with Crippen LogP contribution in [0.1, 0.15) is 38.8 Å². The SMILES string of the molecule is CCOC(CN(C(=O)C(Cc1ccc(Cl)cc1)NC(=O)C(CN)N(Cc1ccccc1)C(=O)O)C(C)C)OCC. The summed E-state index contributed by atoms with van der Waals surface area (Å²) >= 11 is 6.05. The Hall–Kier alpha value is -3.18. The van der Waals surface area contributed by atoms with Gasteiger partial charge in [-0.05, 0) is 51.0 Å². The maximum atomic E-state index is 14.0. The van der Waals surface area contributed by atoms with E-state index in [1.807, 2.05) is 33.8 Å². The Bertz CT molecular complexity index is 1060. The van der Waals surface area contributed by atoms with Crippen molar-refractivity contribution in [3.63, 3.8) is 0 Å². The number of hydrogen-bond donors (Lipinski definition) is 3. The third kappa shape index (κ3) is 10.1. The van der Waals surface area contributed by atoms with Crippen molar-refractivity contribution < 1.29 is 29.0 Å². The van der Waals surface area contributed by atoms with Crippen LogP contribution >= 0.6 is 11.6 Å². The molecule has 2 aromatic carbocycles. The first kappa shape index (κ1) is 33.0. The summed E-state index contributed by atoms with van der Waals surface area (Å²) in [4.78, 5) is 42.2. The molecule has 2 rings (SSSR count). The molecule has 0 heterocycles. The Labute approximate surface area is 241 Å². The van der Waals surface area contributed by atoms with E-state index in [1.165, 1.54) is 0 Å². The quantitative estimate of drug-likeness (QED) is 0.260. The number of nitrogens with one attached hydrogen (secondary N) is 1. The summed E-state index contributed by atoms with van der Waals surface area (Å²) in [6.45, 7) is 8.07. The highest BCUT2D eigenvalue weighted by atomic mass is 35.5. The summed E-state index contributed by atoms with van der Waals surface area (Å²) < 4.78 is 11.3. The van der Waals surface area contributed by atoms with E-state index in [0.717, 1.165) is 10.5 Å². The number of carbonyl (C=O) groups is 3.